The zero-order valence-corrected chi connectivity index (χ0v) is 12.1. The summed E-state index contributed by atoms with van der Waals surface area (Å²) < 4.78 is 39.6. The van der Waals surface area contributed by atoms with Gasteiger partial charge in [0.2, 0.25) is 0 Å². The van der Waals surface area contributed by atoms with Crippen LogP contribution in [0.15, 0.2) is 48.7 Å². The normalized spacial score (nSPS) is 11.8. The Balaban J connectivity index is 2.12. The Morgan fingerprint density at radius 3 is 2.43 bits per heavy atom. The molecule has 1 heterocycles. The van der Waals surface area contributed by atoms with Gasteiger partial charge in [0.25, 0.3) is 5.69 Å². The van der Waals surface area contributed by atoms with Gasteiger partial charge in [0.1, 0.15) is 0 Å². The van der Waals surface area contributed by atoms with Crippen molar-refractivity contribution in [3.8, 4) is 5.69 Å². The first-order valence-electron chi connectivity index (χ1n) is 6.40. The van der Waals surface area contributed by atoms with Crippen LogP contribution in [-0.2, 0) is 6.18 Å². The molecule has 0 radical (unpaired) electrons. The molecule has 2 aromatic carbocycles. The van der Waals surface area contributed by atoms with E-state index in [0.29, 0.717) is 16.6 Å². The molecule has 3 rings (SSSR count). The topological polar surface area (TPSA) is 48.1 Å². The molecule has 3 aromatic rings. The average Bonchev–Trinajstić information content (AvgIpc) is 2.89. The molecular formula is C15H8ClF3N2O2. The summed E-state index contributed by atoms with van der Waals surface area (Å²) >= 11 is 5.98. The number of hydrogen-bond acceptors (Lipinski definition) is 2. The summed E-state index contributed by atoms with van der Waals surface area (Å²) in [6, 6.07) is 8.96. The van der Waals surface area contributed by atoms with E-state index in [1.165, 1.54) is 24.3 Å². The lowest BCUT2D eigenvalue weighted by Gasteiger charge is -2.11. The Bertz CT molecular complexity index is 919. The monoisotopic (exact) mass is 340 g/mol. The van der Waals surface area contributed by atoms with E-state index in [4.69, 9.17) is 11.6 Å². The lowest BCUT2D eigenvalue weighted by molar-refractivity contribution is -0.384. The molecule has 0 fully saturated rings. The number of benzene rings is 2. The van der Waals surface area contributed by atoms with E-state index in [9.17, 15) is 23.3 Å². The third kappa shape index (κ3) is 2.75. The molecule has 0 aliphatic carbocycles. The second kappa shape index (κ2) is 5.27. The summed E-state index contributed by atoms with van der Waals surface area (Å²) in [6.07, 6.45) is -2.87. The highest BCUT2D eigenvalue weighted by molar-refractivity contribution is 6.32. The number of alkyl halides is 3. The van der Waals surface area contributed by atoms with Crippen LogP contribution in [0.25, 0.3) is 16.6 Å². The van der Waals surface area contributed by atoms with Crippen molar-refractivity contribution in [2.24, 2.45) is 0 Å². The van der Waals surface area contributed by atoms with Crippen LogP contribution in [0.2, 0.25) is 5.02 Å². The summed E-state index contributed by atoms with van der Waals surface area (Å²) in [5.41, 5.74) is 0.0768. The first kappa shape index (κ1) is 15.4. The third-order valence-electron chi connectivity index (χ3n) is 3.42. The first-order chi connectivity index (χ1) is 10.8. The van der Waals surface area contributed by atoms with Crippen molar-refractivity contribution in [2.45, 2.75) is 6.18 Å². The van der Waals surface area contributed by atoms with E-state index >= 15 is 0 Å². The number of nitrogens with zero attached hydrogens (tertiary/aromatic N) is 2. The van der Waals surface area contributed by atoms with Gasteiger partial charge in [0.15, 0.2) is 0 Å². The van der Waals surface area contributed by atoms with Crippen molar-refractivity contribution < 1.29 is 18.1 Å². The molecule has 8 heteroatoms. The second-order valence-electron chi connectivity index (χ2n) is 4.85. The zero-order valence-electron chi connectivity index (χ0n) is 11.3. The van der Waals surface area contributed by atoms with E-state index in [1.807, 2.05) is 0 Å². The summed E-state index contributed by atoms with van der Waals surface area (Å²) in [7, 11) is 0. The number of nitro groups is 1. The van der Waals surface area contributed by atoms with E-state index in [-0.39, 0.29) is 10.7 Å². The Kier molecular flexibility index (Phi) is 3.52. The van der Waals surface area contributed by atoms with Gasteiger partial charge in [0.05, 0.1) is 26.7 Å². The minimum atomic E-state index is -4.47. The fourth-order valence-corrected chi connectivity index (χ4v) is 2.60. The van der Waals surface area contributed by atoms with E-state index < -0.39 is 16.7 Å². The molecule has 0 N–H and O–H groups in total. The van der Waals surface area contributed by atoms with Crippen molar-refractivity contribution in [1.82, 2.24) is 4.57 Å². The highest BCUT2D eigenvalue weighted by atomic mass is 35.5. The summed E-state index contributed by atoms with van der Waals surface area (Å²) in [5, 5.41) is 11.3. The quantitative estimate of drug-likeness (QED) is 0.475. The smallest absolute Gasteiger partial charge is 0.315 e. The zero-order chi connectivity index (χ0) is 16.8. The highest BCUT2D eigenvalue weighted by Crippen LogP contribution is 2.34. The summed E-state index contributed by atoms with van der Waals surface area (Å²) in [4.78, 5) is 10.3. The minimum Gasteiger partial charge on any atom is -0.315 e. The lowest BCUT2D eigenvalue weighted by Crippen LogP contribution is -2.05. The molecule has 23 heavy (non-hydrogen) atoms. The molecule has 118 valence electrons. The van der Waals surface area contributed by atoms with Crippen LogP contribution in [-0.4, -0.2) is 9.49 Å². The van der Waals surface area contributed by atoms with Gasteiger partial charge in [-0.1, -0.05) is 11.6 Å². The SMILES string of the molecule is O=[N+]([O-])c1ccc2c(ccn2-c2ccc(C(F)(F)F)cc2Cl)c1. The maximum absolute atomic E-state index is 12.7. The number of hydrogen-bond donors (Lipinski definition) is 0. The maximum atomic E-state index is 12.7. The van der Waals surface area contributed by atoms with Crippen LogP contribution in [0.3, 0.4) is 0 Å². The molecule has 0 aliphatic rings. The van der Waals surface area contributed by atoms with Crippen molar-refractivity contribution >= 4 is 28.2 Å². The predicted molar refractivity (Wildman–Crippen MR) is 79.9 cm³/mol. The van der Waals surface area contributed by atoms with Gasteiger partial charge in [0, 0.05) is 23.7 Å². The van der Waals surface area contributed by atoms with Crippen molar-refractivity contribution in [3.05, 3.63) is 69.4 Å². The van der Waals surface area contributed by atoms with Gasteiger partial charge in [-0.2, -0.15) is 13.2 Å². The lowest BCUT2D eigenvalue weighted by atomic mass is 10.2. The molecule has 1 aromatic heterocycles. The fraction of sp³-hybridized carbons (Fsp3) is 0.0667. The van der Waals surface area contributed by atoms with Crippen molar-refractivity contribution in [3.63, 3.8) is 0 Å². The van der Waals surface area contributed by atoms with Crippen LogP contribution in [0, 0.1) is 10.1 Å². The second-order valence-corrected chi connectivity index (χ2v) is 5.26. The molecule has 4 nitrogen and oxygen atoms in total. The molecule has 0 atom stereocenters. The van der Waals surface area contributed by atoms with E-state index in [2.05, 4.69) is 0 Å². The average molecular weight is 341 g/mol. The highest BCUT2D eigenvalue weighted by Gasteiger charge is 2.31. The van der Waals surface area contributed by atoms with Crippen LogP contribution in [0.1, 0.15) is 5.56 Å². The van der Waals surface area contributed by atoms with Gasteiger partial charge >= 0.3 is 6.18 Å². The molecule has 0 bridgehead atoms. The predicted octanol–water partition coefficient (Wildman–Crippen LogP) is 5.21. The van der Waals surface area contributed by atoms with Crippen LogP contribution < -0.4 is 0 Å². The van der Waals surface area contributed by atoms with Crippen molar-refractivity contribution in [1.29, 1.82) is 0 Å². The third-order valence-corrected chi connectivity index (χ3v) is 3.72. The molecule has 0 amide bonds. The number of fused-ring (bicyclic) bond motifs is 1. The fourth-order valence-electron chi connectivity index (χ4n) is 2.33. The Morgan fingerprint density at radius 1 is 1.09 bits per heavy atom. The van der Waals surface area contributed by atoms with Crippen molar-refractivity contribution in [2.75, 3.05) is 0 Å². The van der Waals surface area contributed by atoms with Crippen LogP contribution in [0.4, 0.5) is 18.9 Å². The summed E-state index contributed by atoms with van der Waals surface area (Å²) in [6.45, 7) is 0. The van der Waals surface area contributed by atoms with E-state index in [0.717, 1.165) is 12.1 Å². The molecule has 0 saturated heterocycles. The molecule has 0 spiro atoms. The standard InChI is InChI=1S/C15H8ClF3N2O2/c16-12-8-10(15(17,18)19)1-3-14(12)20-6-5-9-7-11(21(22)23)2-4-13(9)20/h1-8H. The maximum Gasteiger partial charge on any atom is 0.416 e. The largest absolute Gasteiger partial charge is 0.416 e. The van der Waals surface area contributed by atoms with Gasteiger partial charge in [-0.15, -0.1) is 0 Å². The molecule has 0 unspecified atom stereocenters. The van der Waals surface area contributed by atoms with Gasteiger partial charge in [-0.3, -0.25) is 10.1 Å². The number of aromatic nitrogens is 1. The number of halogens is 4. The first-order valence-corrected chi connectivity index (χ1v) is 6.78. The van der Waals surface area contributed by atoms with Gasteiger partial charge in [-0.25, -0.2) is 0 Å². The minimum absolute atomic E-state index is 0.0596. The van der Waals surface area contributed by atoms with Gasteiger partial charge in [-0.05, 0) is 30.3 Å². The summed E-state index contributed by atoms with van der Waals surface area (Å²) in [5.74, 6) is 0. The Hall–Kier alpha value is -2.54. The van der Waals surface area contributed by atoms with E-state index in [1.54, 1.807) is 16.8 Å². The van der Waals surface area contributed by atoms with Crippen LogP contribution >= 0.6 is 11.6 Å². The van der Waals surface area contributed by atoms with Gasteiger partial charge < -0.3 is 4.57 Å². The number of rotatable bonds is 2. The number of nitro benzene ring substituents is 1. The molecule has 0 aliphatic heterocycles. The Morgan fingerprint density at radius 2 is 1.83 bits per heavy atom. The Labute approximate surface area is 132 Å². The van der Waals surface area contributed by atoms with Crippen LogP contribution in [0.5, 0.6) is 0 Å². The molecular weight excluding hydrogens is 333 g/mol. The molecule has 0 saturated carbocycles. The number of non-ortho nitro benzene ring substituents is 1.